The smallest absolute Gasteiger partial charge is 0.307 e. The van der Waals surface area contributed by atoms with Gasteiger partial charge in [0.1, 0.15) is 17.3 Å². The van der Waals surface area contributed by atoms with Crippen molar-refractivity contribution in [3.63, 3.8) is 0 Å². The van der Waals surface area contributed by atoms with Crippen molar-refractivity contribution >= 4 is 26.7 Å². The Morgan fingerprint density at radius 1 is 1.03 bits per heavy atom. The Hall–Kier alpha value is -2.58. The molecule has 0 fully saturated rings. The van der Waals surface area contributed by atoms with Gasteiger partial charge in [-0.25, -0.2) is 4.21 Å². The second kappa shape index (κ2) is 8.42. The van der Waals surface area contributed by atoms with E-state index in [1.54, 1.807) is 4.68 Å². The molecule has 0 bridgehead atoms. The Labute approximate surface area is 179 Å². The standard InChI is InChI=1S/C21H19BrN4O2S/c1-14-20(22)15(2)26(25-14)12-19-23-24-21(28-19)29(27)13-17-10-6-7-11-18(17)16-8-4-3-5-9-16/h3-11H,12-13H2,1-2H3. The van der Waals surface area contributed by atoms with Gasteiger partial charge in [0, 0.05) is 0 Å². The van der Waals surface area contributed by atoms with Crippen LogP contribution >= 0.6 is 15.9 Å². The van der Waals surface area contributed by atoms with Crippen LogP contribution in [0, 0.1) is 13.8 Å². The quantitative estimate of drug-likeness (QED) is 0.409. The maximum atomic E-state index is 12.9. The third-order valence-electron chi connectivity index (χ3n) is 4.61. The Kier molecular flexibility index (Phi) is 5.73. The summed E-state index contributed by atoms with van der Waals surface area (Å²) in [6.07, 6.45) is 0. The van der Waals surface area contributed by atoms with Gasteiger partial charge in [-0.3, -0.25) is 4.68 Å². The molecule has 29 heavy (non-hydrogen) atoms. The van der Waals surface area contributed by atoms with E-state index in [2.05, 4.69) is 31.2 Å². The van der Waals surface area contributed by atoms with E-state index in [0.717, 1.165) is 32.6 Å². The van der Waals surface area contributed by atoms with Crippen molar-refractivity contribution in [2.45, 2.75) is 31.4 Å². The summed E-state index contributed by atoms with van der Waals surface area (Å²) in [6, 6.07) is 18.0. The largest absolute Gasteiger partial charge is 0.412 e. The highest BCUT2D eigenvalue weighted by Gasteiger charge is 2.18. The van der Waals surface area contributed by atoms with Crippen molar-refractivity contribution in [3.05, 3.63) is 81.9 Å². The van der Waals surface area contributed by atoms with Crippen LogP contribution < -0.4 is 0 Å². The summed E-state index contributed by atoms with van der Waals surface area (Å²) in [5.74, 6) is 0.681. The lowest BCUT2D eigenvalue weighted by molar-refractivity contribution is 0.390. The summed E-state index contributed by atoms with van der Waals surface area (Å²) in [6.45, 7) is 4.22. The zero-order valence-electron chi connectivity index (χ0n) is 16.0. The van der Waals surface area contributed by atoms with Crippen LogP contribution in [0.4, 0.5) is 0 Å². The van der Waals surface area contributed by atoms with Crippen molar-refractivity contribution < 1.29 is 8.63 Å². The number of aryl methyl sites for hydroxylation is 1. The van der Waals surface area contributed by atoms with Gasteiger partial charge in [0.2, 0.25) is 5.89 Å². The monoisotopic (exact) mass is 470 g/mol. The van der Waals surface area contributed by atoms with Gasteiger partial charge in [0.25, 0.3) is 0 Å². The lowest BCUT2D eigenvalue weighted by Gasteiger charge is -2.08. The second-order valence-electron chi connectivity index (χ2n) is 6.62. The molecule has 148 valence electrons. The predicted octanol–water partition coefficient (Wildman–Crippen LogP) is 4.67. The van der Waals surface area contributed by atoms with E-state index in [1.165, 1.54) is 0 Å². The predicted molar refractivity (Wildman–Crippen MR) is 115 cm³/mol. The van der Waals surface area contributed by atoms with E-state index in [-0.39, 0.29) is 5.22 Å². The minimum absolute atomic E-state index is 0.128. The molecule has 0 spiro atoms. The highest BCUT2D eigenvalue weighted by atomic mass is 79.9. The molecular formula is C21H19BrN4O2S. The molecule has 1 atom stereocenters. The average molecular weight is 471 g/mol. The molecule has 0 radical (unpaired) electrons. The van der Waals surface area contributed by atoms with E-state index in [4.69, 9.17) is 4.42 Å². The van der Waals surface area contributed by atoms with E-state index in [1.807, 2.05) is 68.4 Å². The van der Waals surface area contributed by atoms with Crippen molar-refractivity contribution in [1.29, 1.82) is 0 Å². The number of halogens is 1. The van der Waals surface area contributed by atoms with Crippen molar-refractivity contribution in [1.82, 2.24) is 20.0 Å². The molecule has 6 nitrogen and oxygen atoms in total. The van der Waals surface area contributed by atoms with Crippen LogP contribution in [0.25, 0.3) is 11.1 Å². The first-order valence-electron chi connectivity index (χ1n) is 9.06. The molecule has 4 aromatic rings. The van der Waals surface area contributed by atoms with Gasteiger partial charge in [-0.2, -0.15) is 5.10 Å². The SMILES string of the molecule is Cc1nn(Cc2nnc(S(=O)Cc3ccccc3-c3ccccc3)o2)c(C)c1Br. The Bertz CT molecular complexity index is 1170. The fourth-order valence-electron chi connectivity index (χ4n) is 3.10. The van der Waals surface area contributed by atoms with Crippen LogP contribution in [0.15, 0.2) is 68.7 Å². The second-order valence-corrected chi connectivity index (χ2v) is 8.74. The van der Waals surface area contributed by atoms with Gasteiger partial charge in [-0.15, -0.1) is 5.10 Å². The Morgan fingerprint density at radius 2 is 1.76 bits per heavy atom. The molecule has 0 aliphatic carbocycles. The first-order chi connectivity index (χ1) is 14.0. The lowest BCUT2D eigenvalue weighted by atomic mass is 10.0. The number of rotatable bonds is 6. The molecule has 4 rings (SSSR count). The maximum Gasteiger partial charge on any atom is 0.307 e. The number of hydrogen-bond acceptors (Lipinski definition) is 5. The number of nitrogens with zero attached hydrogens (tertiary/aromatic N) is 4. The molecule has 2 aromatic heterocycles. The summed E-state index contributed by atoms with van der Waals surface area (Å²) in [5, 5.41) is 12.6. The van der Waals surface area contributed by atoms with E-state index < -0.39 is 10.8 Å². The number of aromatic nitrogens is 4. The fraction of sp³-hybridized carbons (Fsp3) is 0.190. The molecule has 0 saturated carbocycles. The molecule has 0 aliphatic rings. The molecule has 2 heterocycles. The first-order valence-corrected chi connectivity index (χ1v) is 11.2. The third kappa shape index (κ3) is 4.23. The summed E-state index contributed by atoms with van der Waals surface area (Å²) in [4.78, 5) is 0. The van der Waals surface area contributed by atoms with Crippen LogP contribution in [0.2, 0.25) is 0 Å². The first kappa shape index (κ1) is 19.7. The van der Waals surface area contributed by atoms with Gasteiger partial charge >= 0.3 is 5.22 Å². The molecule has 0 saturated heterocycles. The minimum Gasteiger partial charge on any atom is -0.412 e. The van der Waals surface area contributed by atoms with Crippen LogP contribution in [-0.4, -0.2) is 24.2 Å². The highest BCUT2D eigenvalue weighted by molar-refractivity contribution is 9.10. The van der Waals surface area contributed by atoms with E-state index in [0.29, 0.717) is 18.2 Å². The van der Waals surface area contributed by atoms with Crippen LogP contribution in [0.5, 0.6) is 0 Å². The third-order valence-corrected chi connectivity index (χ3v) is 6.89. The van der Waals surface area contributed by atoms with Gasteiger partial charge in [-0.1, -0.05) is 59.7 Å². The van der Waals surface area contributed by atoms with Crippen LogP contribution in [0.1, 0.15) is 22.8 Å². The zero-order valence-corrected chi connectivity index (χ0v) is 18.4. The van der Waals surface area contributed by atoms with Gasteiger partial charge < -0.3 is 4.42 Å². The van der Waals surface area contributed by atoms with Crippen molar-refractivity contribution in [2.24, 2.45) is 0 Å². The van der Waals surface area contributed by atoms with Crippen molar-refractivity contribution in [3.8, 4) is 11.1 Å². The van der Waals surface area contributed by atoms with Crippen LogP contribution in [0.3, 0.4) is 0 Å². The van der Waals surface area contributed by atoms with Gasteiger partial charge in [0.15, 0.2) is 0 Å². The molecule has 0 amide bonds. The Morgan fingerprint density at radius 3 is 2.48 bits per heavy atom. The molecule has 1 unspecified atom stereocenters. The summed E-state index contributed by atoms with van der Waals surface area (Å²) in [5.41, 5.74) is 4.97. The normalized spacial score (nSPS) is 12.2. The van der Waals surface area contributed by atoms with Gasteiger partial charge in [0.05, 0.1) is 21.6 Å². The van der Waals surface area contributed by atoms with E-state index >= 15 is 0 Å². The molecular weight excluding hydrogens is 452 g/mol. The number of benzene rings is 2. The average Bonchev–Trinajstić information content (AvgIpc) is 3.30. The lowest BCUT2D eigenvalue weighted by Crippen LogP contribution is -2.04. The molecule has 8 heteroatoms. The van der Waals surface area contributed by atoms with Crippen molar-refractivity contribution in [2.75, 3.05) is 0 Å². The van der Waals surface area contributed by atoms with E-state index in [9.17, 15) is 4.21 Å². The minimum atomic E-state index is -1.44. The highest BCUT2D eigenvalue weighted by Crippen LogP contribution is 2.26. The van der Waals surface area contributed by atoms with Gasteiger partial charge in [-0.05, 0) is 46.5 Å². The molecule has 0 N–H and O–H groups in total. The zero-order chi connectivity index (χ0) is 20.4. The molecule has 0 aliphatic heterocycles. The topological polar surface area (TPSA) is 73.8 Å². The fourth-order valence-corrected chi connectivity index (χ4v) is 4.36. The Balaban J connectivity index is 1.53. The number of hydrogen-bond donors (Lipinski definition) is 0. The molecule has 2 aromatic carbocycles. The van der Waals surface area contributed by atoms with Crippen LogP contribution in [-0.2, 0) is 23.1 Å². The summed E-state index contributed by atoms with van der Waals surface area (Å²) >= 11 is 3.51. The summed E-state index contributed by atoms with van der Waals surface area (Å²) in [7, 11) is -1.44. The maximum absolute atomic E-state index is 12.9. The summed E-state index contributed by atoms with van der Waals surface area (Å²) < 4.78 is 21.3.